The third kappa shape index (κ3) is 2.22. The Hall–Kier alpha value is -2.56. The van der Waals surface area contributed by atoms with Crippen LogP contribution in [0.2, 0.25) is 0 Å². The van der Waals surface area contributed by atoms with Crippen LogP contribution in [0, 0.1) is 6.92 Å². The van der Waals surface area contributed by atoms with Crippen molar-refractivity contribution in [3.63, 3.8) is 0 Å². The molecule has 0 radical (unpaired) electrons. The molecule has 1 N–H and O–H groups in total. The summed E-state index contributed by atoms with van der Waals surface area (Å²) in [6, 6.07) is 9.32. The summed E-state index contributed by atoms with van der Waals surface area (Å²) < 4.78 is 7.15. The third-order valence-electron chi connectivity index (χ3n) is 2.87. The molecule has 3 heterocycles. The fourth-order valence-corrected chi connectivity index (χ4v) is 1.94. The molecule has 0 saturated carbocycles. The van der Waals surface area contributed by atoms with E-state index in [4.69, 9.17) is 4.42 Å². The number of carbonyl (C=O) groups excluding carboxylic acids is 1. The third-order valence-corrected chi connectivity index (χ3v) is 2.87. The zero-order valence-corrected chi connectivity index (χ0v) is 10.5. The Balaban J connectivity index is 1.77. The molecule has 0 aliphatic carbocycles. The highest BCUT2D eigenvalue weighted by Crippen LogP contribution is 2.08. The number of carbonyl (C=O) groups is 1. The van der Waals surface area contributed by atoms with E-state index >= 15 is 0 Å². The number of nitrogens with one attached hydrogen (secondary N) is 1. The van der Waals surface area contributed by atoms with E-state index in [0.717, 1.165) is 17.2 Å². The maximum atomic E-state index is 12.1. The molecular formula is C14H13N3O2. The molecule has 3 aromatic rings. The first-order valence-electron chi connectivity index (χ1n) is 5.99. The van der Waals surface area contributed by atoms with Gasteiger partial charge in [-0.1, -0.05) is 6.07 Å². The van der Waals surface area contributed by atoms with Gasteiger partial charge >= 0.3 is 0 Å². The number of hydrogen-bond donors (Lipinski definition) is 1. The average molecular weight is 255 g/mol. The van der Waals surface area contributed by atoms with Crippen LogP contribution in [-0.2, 0) is 6.54 Å². The number of rotatable bonds is 3. The topological polar surface area (TPSA) is 59.5 Å². The van der Waals surface area contributed by atoms with Crippen LogP contribution >= 0.6 is 0 Å². The Kier molecular flexibility index (Phi) is 2.79. The van der Waals surface area contributed by atoms with Crippen molar-refractivity contribution in [2.75, 3.05) is 0 Å². The lowest BCUT2D eigenvalue weighted by Crippen LogP contribution is -2.23. The fourth-order valence-electron chi connectivity index (χ4n) is 1.94. The summed E-state index contributed by atoms with van der Waals surface area (Å²) in [5, 5.41) is 2.81. The van der Waals surface area contributed by atoms with Gasteiger partial charge in [0, 0.05) is 6.20 Å². The van der Waals surface area contributed by atoms with Gasteiger partial charge in [-0.3, -0.25) is 9.20 Å². The van der Waals surface area contributed by atoms with Crippen molar-refractivity contribution in [2.45, 2.75) is 13.5 Å². The first kappa shape index (κ1) is 11.5. The number of pyridine rings is 1. The maximum Gasteiger partial charge on any atom is 0.270 e. The largest absolute Gasteiger partial charge is 0.465 e. The Morgan fingerprint density at radius 1 is 1.37 bits per heavy atom. The molecule has 19 heavy (non-hydrogen) atoms. The van der Waals surface area contributed by atoms with Gasteiger partial charge < -0.3 is 9.73 Å². The smallest absolute Gasteiger partial charge is 0.270 e. The normalized spacial score (nSPS) is 10.8. The summed E-state index contributed by atoms with van der Waals surface area (Å²) in [4.78, 5) is 16.3. The van der Waals surface area contributed by atoms with E-state index in [-0.39, 0.29) is 5.91 Å². The predicted octanol–water partition coefficient (Wildman–Crippen LogP) is 2.17. The fraction of sp³-hybridized carbons (Fsp3) is 0.143. The molecule has 0 aromatic carbocycles. The zero-order chi connectivity index (χ0) is 13.2. The molecule has 0 unspecified atom stereocenters. The number of aryl methyl sites for hydroxylation is 1. The van der Waals surface area contributed by atoms with E-state index in [0.29, 0.717) is 12.2 Å². The van der Waals surface area contributed by atoms with E-state index in [9.17, 15) is 4.79 Å². The second-order valence-corrected chi connectivity index (χ2v) is 4.27. The Morgan fingerprint density at radius 3 is 3.05 bits per heavy atom. The molecule has 0 saturated heterocycles. The molecular weight excluding hydrogens is 242 g/mol. The van der Waals surface area contributed by atoms with Gasteiger partial charge in [0.05, 0.1) is 12.7 Å². The molecule has 5 nitrogen and oxygen atoms in total. The summed E-state index contributed by atoms with van der Waals surface area (Å²) in [5.74, 6) is 1.39. The van der Waals surface area contributed by atoms with Crippen molar-refractivity contribution in [2.24, 2.45) is 0 Å². The van der Waals surface area contributed by atoms with Gasteiger partial charge in [-0.25, -0.2) is 4.98 Å². The highest BCUT2D eigenvalue weighted by Gasteiger charge is 2.11. The van der Waals surface area contributed by atoms with Gasteiger partial charge in [0.2, 0.25) is 0 Å². The minimum Gasteiger partial charge on any atom is -0.465 e. The second kappa shape index (κ2) is 4.61. The zero-order valence-electron chi connectivity index (χ0n) is 10.5. The average Bonchev–Trinajstić information content (AvgIpc) is 3.02. The van der Waals surface area contributed by atoms with Crippen LogP contribution in [0.4, 0.5) is 0 Å². The first-order chi connectivity index (χ1) is 9.24. The van der Waals surface area contributed by atoms with Crippen LogP contribution in [0.1, 0.15) is 22.0 Å². The first-order valence-corrected chi connectivity index (χ1v) is 5.99. The molecule has 0 spiro atoms. The monoisotopic (exact) mass is 255 g/mol. The van der Waals surface area contributed by atoms with E-state index < -0.39 is 0 Å². The van der Waals surface area contributed by atoms with Gasteiger partial charge in [0.15, 0.2) is 0 Å². The van der Waals surface area contributed by atoms with Gasteiger partial charge in [0.1, 0.15) is 22.9 Å². The number of imidazole rings is 1. The van der Waals surface area contributed by atoms with E-state index in [2.05, 4.69) is 10.3 Å². The molecule has 3 aromatic heterocycles. The highest BCUT2D eigenvalue weighted by atomic mass is 16.3. The summed E-state index contributed by atoms with van der Waals surface area (Å²) in [6.07, 6.45) is 3.38. The summed E-state index contributed by atoms with van der Waals surface area (Å²) in [6.45, 7) is 2.24. The van der Waals surface area contributed by atoms with Crippen LogP contribution in [0.3, 0.4) is 0 Å². The van der Waals surface area contributed by atoms with Crippen molar-refractivity contribution in [1.29, 1.82) is 0 Å². The number of hydrogen-bond acceptors (Lipinski definition) is 3. The number of aromatic nitrogens is 2. The molecule has 0 aliphatic rings. The molecule has 1 amide bonds. The minimum atomic E-state index is -0.173. The SMILES string of the molecule is Cc1ccc(CNC(=O)c2cnc3ccccn23)o1. The number of fused-ring (bicyclic) bond motifs is 1. The second-order valence-electron chi connectivity index (χ2n) is 4.27. The number of amides is 1. The van der Waals surface area contributed by atoms with E-state index in [1.165, 1.54) is 0 Å². The van der Waals surface area contributed by atoms with Gasteiger partial charge in [0.25, 0.3) is 5.91 Å². The molecule has 0 bridgehead atoms. The van der Waals surface area contributed by atoms with Gasteiger partial charge in [-0.2, -0.15) is 0 Å². The Bertz CT molecular complexity index is 727. The number of nitrogens with zero attached hydrogens (tertiary/aromatic N) is 2. The number of furan rings is 1. The lowest BCUT2D eigenvalue weighted by Gasteiger charge is -2.03. The highest BCUT2D eigenvalue weighted by molar-refractivity contribution is 5.93. The summed E-state index contributed by atoms with van der Waals surface area (Å²) in [5.41, 5.74) is 1.26. The van der Waals surface area contributed by atoms with Gasteiger partial charge in [-0.05, 0) is 31.2 Å². The minimum absolute atomic E-state index is 0.173. The maximum absolute atomic E-state index is 12.1. The van der Waals surface area contributed by atoms with Crippen LogP contribution in [0.15, 0.2) is 47.1 Å². The standard InChI is InChI=1S/C14H13N3O2/c1-10-5-6-11(19-10)8-16-14(18)12-9-15-13-4-2-3-7-17(12)13/h2-7,9H,8H2,1H3,(H,16,18). The molecule has 5 heteroatoms. The summed E-state index contributed by atoms with van der Waals surface area (Å²) in [7, 11) is 0. The van der Waals surface area contributed by atoms with Crippen molar-refractivity contribution >= 4 is 11.6 Å². The molecule has 3 rings (SSSR count). The van der Waals surface area contributed by atoms with Crippen molar-refractivity contribution < 1.29 is 9.21 Å². The van der Waals surface area contributed by atoms with E-state index in [1.807, 2.05) is 43.5 Å². The molecule has 0 aliphatic heterocycles. The lowest BCUT2D eigenvalue weighted by molar-refractivity contribution is 0.0942. The van der Waals surface area contributed by atoms with Crippen LogP contribution in [0.25, 0.3) is 5.65 Å². The quantitative estimate of drug-likeness (QED) is 0.780. The molecule has 96 valence electrons. The van der Waals surface area contributed by atoms with E-state index in [1.54, 1.807) is 10.6 Å². The van der Waals surface area contributed by atoms with Crippen molar-refractivity contribution in [3.8, 4) is 0 Å². The van der Waals surface area contributed by atoms with Crippen LogP contribution in [0.5, 0.6) is 0 Å². The Morgan fingerprint density at radius 2 is 2.26 bits per heavy atom. The van der Waals surface area contributed by atoms with Gasteiger partial charge in [-0.15, -0.1) is 0 Å². The van der Waals surface area contributed by atoms with Crippen molar-refractivity contribution in [1.82, 2.24) is 14.7 Å². The lowest BCUT2D eigenvalue weighted by atomic mass is 10.4. The predicted molar refractivity (Wildman–Crippen MR) is 69.8 cm³/mol. The molecule has 0 fully saturated rings. The van der Waals surface area contributed by atoms with Crippen LogP contribution < -0.4 is 5.32 Å². The Labute approximate surface area is 109 Å². The molecule has 0 atom stereocenters. The summed E-state index contributed by atoms with van der Waals surface area (Å²) >= 11 is 0. The van der Waals surface area contributed by atoms with Crippen molar-refractivity contribution in [3.05, 3.63) is 59.9 Å². The van der Waals surface area contributed by atoms with Crippen LogP contribution in [-0.4, -0.2) is 15.3 Å².